The van der Waals surface area contributed by atoms with Crippen LogP contribution in [0.1, 0.15) is 54.7 Å². The van der Waals surface area contributed by atoms with Crippen LogP contribution in [0.3, 0.4) is 0 Å². The van der Waals surface area contributed by atoms with Gasteiger partial charge in [-0.25, -0.2) is 0 Å². The summed E-state index contributed by atoms with van der Waals surface area (Å²) in [5.74, 6) is 0.353. The summed E-state index contributed by atoms with van der Waals surface area (Å²) in [6.07, 6.45) is 1.88. The third-order valence-corrected chi connectivity index (χ3v) is 6.34. The summed E-state index contributed by atoms with van der Waals surface area (Å²) >= 11 is 0. The molecule has 1 amide bonds. The summed E-state index contributed by atoms with van der Waals surface area (Å²) < 4.78 is 0. The van der Waals surface area contributed by atoms with Gasteiger partial charge in [0.05, 0.1) is 6.04 Å². The van der Waals surface area contributed by atoms with Gasteiger partial charge in [0, 0.05) is 28.9 Å². The predicted octanol–water partition coefficient (Wildman–Crippen LogP) is 6.48. The Morgan fingerprint density at radius 2 is 1.57 bits per heavy atom. The van der Waals surface area contributed by atoms with Crippen LogP contribution in [0, 0.1) is 5.92 Å². The highest BCUT2D eigenvalue weighted by atomic mass is 16.2. The van der Waals surface area contributed by atoms with Gasteiger partial charge in [-0.3, -0.25) is 4.79 Å². The van der Waals surface area contributed by atoms with Crippen molar-refractivity contribution in [3.8, 4) is 0 Å². The van der Waals surface area contributed by atoms with Gasteiger partial charge in [0.25, 0.3) is 5.91 Å². The molecule has 0 fully saturated rings. The molecular weight excluding hydrogens is 368 g/mol. The van der Waals surface area contributed by atoms with E-state index in [0.717, 1.165) is 29.8 Å². The number of aryl methyl sites for hydroxylation is 1. The van der Waals surface area contributed by atoms with Crippen molar-refractivity contribution in [2.45, 2.75) is 45.7 Å². The number of anilines is 2. The molecule has 0 aromatic heterocycles. The molecule has 1 aliphatic heterocycles. The molecule has 0 bridgehead atoms. The average molecular weight is 399 g/mol. The van der Waals surface area contributed by atoms with E-state index in [-0.39, 0.29) is 23.9 Å². The summed E-state index contributed by atoms with van der Waals surface area (Å²) in [6, 6.07) is 27.0. The minimum absolute atomic E-state index is 0.0852. The Balaban J connectivity index is 1.74. The maximum atomic E-state index is 13.6. The van der Waals surface area contributed by atoms with Crippen molar-refractivity contribution in [3.63, 3.8) is 0 Å². The highest BCUT2D eigenvalue weighted by molar-refractivity contribution is 6.07. The van der Waals surface area contributed by atoms with Crippen LogP contribution in [0.15, 0.2) is 78.9 Å². The van der Waals surface area contributed by atoms with Crippen molar-refractivity contribution in [1.82, 2.24) is 0 Å². The topological polar surface area (TPSA) is 32.3 Å². The van der Waals surface area contributed by atoms with Crippen LogP contribution in [0.5, 0.6) is 0 Å². The van der Waals surface area contributed by atoms with Crippen LogP contribution in [-0.4, -0.2) is 11.9 Å². The summed E-state index contributed by atoms with van der Waals surface area (Å²) in [5.41, 5.74) is 5.30. The number of para-hydroxylation sites is 2. The number of nitrogens with one attached hydrogen (secondary N) is 1. The Morgan fingerprint density at radius 3 is 2.23 bits per heavy atom. The third-order valence-electron chi connectivity index (χ3n) is 6.34. The molecule has 3 aromatic carbocycles. The SMILES string of the molecule is CCc1ccc(C(=O)N2c3ccccc3[C@H](Nc3ccccc3)[C@H](C)[C@@H]2CC)cc1. The minimum atomic E-state index is 0.0852. The van der Waals surface area contributed by atoms with Crippen LogP contribution in [0.25, 0.3) is 0 Å². The fourth-order valence-corrected chi connectivity index (χ4v) is 4.65. The number of carbonyl (C=O) groups excluding carboxylic acids is 1. The van der Waals surface area contributed by atoms with E-state index in [1.807, 2.05) is 29.2 Å². The van der Waals surface area contributed by atoms with Gasteiger partial charge in [0.15, 0.2) is 0 Å². The largest absolute Gasteiger partial charge is 0.378 e. The standard InChI is InChI=1S/C27H30N2O/c1-4-20-15-17-21(18-16-20)27(30)29-24(5-2)19(3)26(23-13-9-10-14-25(23)29)28-22-11-7-6-8-12-22/h6-19,24,26,28H,4-5H2,1-3H3/t19-,24+,26-/m1/s1. The van der Waals surface area contributed by atoms with Crippen molar-refractivity contribution < 1.29 is 4.79 Å². The van der Waals surface area contributed by atoms with Crippen LogP contribution in [-0.2, 0) is 6.42 Å². The van der Waals surface area contributed by atoms with E-state index < -0.39 is 0 Å². The minimum Gasteiger partial charge on any atom is -0.378 e. The van der Waals surface area contributed by atoms with E-state index in [1.54, 1.807) is 0 Å². The fourth-order valence-electron chi connectivity index (χ4n) is 4.65. The number of hydrogen-bond donors (Lipinski definition) is 1. The van der Waals surface area contributed by atoms with E-state index >= 15 is 0 Å². The zero-order valence-corrected chi connectivity index (χ0v) is 18.0. The molecule has 1 N–H and O–H groups in total. The van der Waals surface area contributed by atoms with Crippen LogP contribution in [0.4, 0.5) is 11.4 Å². The third kappa shape index (κ3) is 3.72. The second kappa shape index (κ2) is 8.74. The zero-order chi connectivity index (χ0) is 21.1. The normalized spacial score (nSPS) is 20.5. The van der Waals surface area contributed by atoms with Gasteiger partial charge in [0.2, 0.25) is 0 Å². The summed E-state index contributed by atoms with van der Waals surface area (Å²) in [6.45, 7) is 6.56. The Kier molecular flexibility index (Phi) is 5.89. The number of nitrogens with zero attached hydrogens (tertiary/aromatic N) is 1. The fraction of sp³-hybridized carbons (Fsp3) is 0.296. The van der Waals surface area contributed by atoms with E-state index in [9.17, 15) is 4.79 Å². The van der Waals surface area contributed by atoms with Gasteiger partial charge >= 0.3 is 0 Å². The molecular formula is C27H30N2O. The van der Waals surface area contributed by atoms with Crippen molar-refractivity contribution in [2.75, 3.05) is 10.2 Å². The molecule has 3 atom stereocenters. The smallest absolute Gasteiger partial charge is 0.258 e. The molecule has 3 nitrogen and oxygen atoms in total. The van der Waals surface area contributed by atoms with Crippen molar-refractivity contribution in [3.05, 3.63) is 95.6 Å². The molecule has 1 heterocycles. The highest BCUT2D eigenvalue weighted by Gasteiger charge is 2.40. The lowest BCUT2D eigenvalue weighted by Gasteiger charge is -2.45. The lowest BCUT2D eigenvalue weighted by molar-refractivity contribution is 0.0960. The molecule has 0 saturated carbocycles. The van der Waals surface area contributed by atoms with Gasteiger partial charge < -0.3 is 10.2 Å². The molecule has 4 rings (SSSR count). The van der Waals surface area contributed by atoms with Crippen LogP contribution >= 0.6 is 0 Å². The number of benzene rings is 3. The van der Waals surface area contributed by atoms with Gasteiger partial charge in [-0.1, -0.05) is 69.3 Å². The second-order valence-electron chi connectivity index (χ2n) is 8.11. The van der Waals surface area contributed by atoms with E-state index in [4.69, 9.17) is 0 Å². The Hall–Kier alpha value is -3.07. The lowest BCUT2D eigenvalue weighted by atomic mass is 9.80. The number of carbonyl (C=O) groups is 1. The van der Waals surface area contributed by atoms with E-state index in [1.165, 1.54) is 11.1 Å². The van der Waals surface area contributed by atoms with E-state index in [0.29, 0.717) is 0 Å². The van der Waals surface area contributed by atoms with Crippen LogP contribution in [0.2, 0.25) is 0 Å². The molecule has 0 saturated heterocycles. The van der Waals surface area contributed by atoms with Gasteiger partial charge in [0.1, 0.15) is 0 Å². The Labute approximate surface area is 179 Å². The maximum Gasteiger partial charge on any atom is 0.258 e. The molecule has 0 aliphatic carbocycles. The Bertz CT molecular complexity index is 997. The molecule has 3 aromatic rings. The van der Waals surface area contributed by atoms with Gasteiger partial charge in [-0.2, -0.15) is 0 Å². The molecule has 1 aliphatic rings. The number of hydrogen-bond acceptors (Lipinski definition) is 2. The molecule has 30 heavy (non-hydrogen) atoms. The monoisotopic (exact) mass is 398 g/mol. The number of rotatable bonds is 5. The number of amides is 1. The van der Waals surface area contributed by atoms with E-state index in [2.05, 4.69) is 80.7 Å². The summed E-state index contributed by atoms with van der Waals surface area (Å²) in [7, 11) is 0. The first-order valence-corrected chi connectivity index (χ1v) is 11.0. The molecule has 154 valence electrons. The maximum absolute atomic E-state index is 13.6. The molecule has 0 unspecified atom stereocenters. The van der Waals surface area contributed by atoms with Crippen LogP contribution < -0.4 is 10.2 Å². The second-order valence-corrected chi connectivity index (χ2v) is 8.11. The molecule has 0 radical (unpaired) electrons. The summed E-state index contributed by atoms with van der Waals surface area (Å²) in [4.78, 5) is 15.7. The van der Waals surface area contributed by atoms with Gasteiger partial charge in [-0.15, -0.1) is 0 Å². The predicted molar refractivity (Wildman–Crippen MR) is 125 cm³/mol. The van der Waals surface area contributed by atoms with Gasteiger partial charge in [-0.05, 0) is 54.3 Å². The highest BCUT2D eigenvalue weighted by Crippen LogP contribution is 2.43. The first kappa shape index (κ1) is 20.2. The first-order chi connectivity index (χ1) is 14.6. The quantitative estimate of drug-likeness (QED) is 0.534. The number of fused-ring (bicyclic) bond motifs is 1. The zero-order valence-electron chi connectivity index (χ0n) is 18.0. The first-order valence-electron chi connectivity index (χ1n) is 11.0. The summed E-state index contributed by atoms with van der Waals surface area (Å²) in [5, 5.41) is 3.73. The van der Waals surface area contributed by atoms with Crippen molar-refractivity contribution in [1.29, 1.82) is 0 Å². The molecule has 3 heteroatoms. The van der Waals surface area contributed by atoms with Crippen molar-refractivity contribution >= 4 is 17.3 Å². The lowest BCUT2D eigenvalue weighted by Crippen LogP contribution is -2.50. The average Bonchev–Trinajstić information content (AvgIpc) is 2.80. The van der Waals surface area contributed by atoms with Crippen molar-refractivity contribution in [2.24, 2.45) is 5.92 Å². The molecule has 0 spiro atoms. The Morgan fingerprint density at radius 1 is 0.900 bits per heavy atom.